The summed E-state index contributed by atoms with van der Waals surface area (Å²) in [5.74, 6) is -0.583. The van der Waals surface area contributed by atoms with E-state index in [9.17, 15) is 14.0 Å². The average molecular weight is 457 g/mol. The SMILES string of the molecule is COCCNC1CCC(Nc2cc(-c3cnc(F)c(NCC4(C#N)CC4)c3)c(F)cn2)CC1. The number of aromatic nitrogens is 2. The number of ether oxygens (including phenoxy) is 1. The minimum absolute atomic E-state index is 0.166. The molecule has 2 saturated carbocycles. The van der Waals surface area contributed by atoms with Gasteiger partial charge in [-0.25, -0.2) is 14.4 Å². The zero-order valence-electron chi connectivity index (χ0n) is 18.8. The Bertz CT molecular complexity index is 999. The topological polar surface area (TPSA) is 94.9 Å². The number of hydrogen-bond acceptors (Lipinski definition) is 7. The van der Waals surface area contributed by atoms with Crippen LogP contribution in [0.1, 0.15) is 38.5 Å². The fourth-order valence-corrected chi connectivity index (χ4v) is 4.22. The second-order valence-electron chi connectivity index (χ2n) is 9.00. The molecule has 0 spiro atoms. The molecule has 9 heteroatoms. The minimum Gasteiger partial charge on any atom is -0.383 e. The molecular formula is C24H30F2N6O. The van der Waals surface area contributed by atoms with E-state index in [0.717, 1.165) is 45.1 Å². The molecule has 3 N–H and O–H groups in total. The summed E-state index contributed by atoms with van der Waals surface area (Å²) in [6, 6.07) is 6.20. The molecule has 33 heavy (non-hydrogen) atoms. The molecule has 176 valence electrons. The summed E-state index contributed by atoms with van der Waals surface area (Å²) in [5, 5.41) is 19.1. The smallest absolute Gasteiger partial charge is 0.236 e. The maximum Gasteiger partial charge on any atom is 0.236 e. The zero-order chi connectivity index (χ0) is 23.3. The van der Waals surface area contributed by atoms with Crippen LogP contribution < -0.4 is 16.0 Å². The van der Waals surface area contributed by atoms with Gasteiger partial charge in [0.1, 0.15) is 11.6 Å². The van der Waals surface area contributed by atoms with Crippen LogP contribution in [0.25, 0.3) is 11.1 Å². The third-order valence-corrected chi connectivity index (χ3v) is 6.53. The molecule has 0 bridgehead atoms. The van der Waals surface area contributed by atoms with Crippen LogP contribution in [0, 0.1) is 28.5 Å². The predicted octanol–water partition coefficient (Wildman–Crippen LogP) is 4.10. The quantitative estimate of drug-likeness (QED) is 0.366. The first-order valence-electron chi connectivity index (χ1n) is 11.5. The lowest BCUT2D eigenvalue weighted by atomic mass is 9.91. The number of hydrogen-bond donors (Lipinski definition) is 3. The molecule has 2 aliphatic rings. The molecule has 0 atom stereocenters. The number of nitriles is 1. The van der Waals surface area contributed by atoms with E-state index in [1.165, 1.54) is 18.5 Å². The third kappa shape index (κ3) is 5.95. The van der Waals surface area contributed by atoms with E-state index in [1.807, 2.05) is 0 Å². The fraction of sp³-hybridized carbons (Fsp3) is 0.542. The van der Waals surface area contributed by atoms with Crippen molar-refractivity contribution in [3.63, 3.8) is 0 Å². The maximum absolute atomic E-state index is 14.6. The lowest BCUT2D eigenvalue weighted by Crippen LogP contribution is -2.38. The minimum atomic E-state index is -0.670. The molecule has 0 amide bonds. The molecule has 2 fully saturated rings. The first-order valence-corrected chi connectivity index (χ1v) is 11.5. The Labute approximate surface area is 193 Å². The van der Waals surface area contributed by atoms with Crippen molar-refractivity contribution in [2.45, 2.75) is 50.6 Å². The molecule has 0 unspecified atom stereocenters. The summed E-state index contributed by atoms with van der Waals surface area (Å²) in [7, 11) is 1.70. The van der Waals surface area contributed by atoms with Crippen LogP contribution in [0.5, 0.6) is 0 Å². The van der Waals surface area contributed by atoms with Crippen LogP contribution in [-0.4, -0.2) is 48.9 Å². The largest absolute Gasteiger partial charge is 0.383 e. The molecular weight excluding hydrogens is 426 g/mol. The van der Waals surface area contributed by atoms with Crippen LogP contribution in [0.4, 0.5) is 20.3 Å². The van der Waals surface area contributed by atoms with Crippen molar-refractivity contribution < 1.29 is 13.5 Å². The molecule has 0 saturated heterocycles. The van der Waals surface area contributed by atoms with E-state index in [0.29, 0.717) is 36.1 Å². The van der Waals surface area contributed by atoms with Gasteiger partial charge in [0.05, 0.1) is 30.0 Å². The highest BCUT2D eigenvalue weighted by Crippen LogP contribution is 2.45. The van der Waals surface area contributed by atoms with Crippen molar-refractivity contribution in [2.75, 3.05) is 37.4 Å². The zero-order valence-corrected chi connectivity index (χ0v) is 18.8. The van der Waals surface area contributed by atoms with Gasteiger partial charge in [0.15, 0.2) is 0 Å². The van der Waals surface area contributed by atoms with E-state index in [1.54, 1.807) is 13.2 Å². The summed E-state index contributed by atoms with van der Waals surface area (Å²) in [4.78, 5) is 7.99. The molecule has 2 aliphatic carbocycles. The Morgan fingerprint density at radius 3 is 2.58 bits per heavy atom. The number of rotatable bonds is 10. The first kappa shape index (κ1) is 23.3. The van der Waals surface area contributed by atoms with Gasteiger partial charge in [-0.1, -0.05) is 0 Å². The van der Waals surface area contributed by atoms with Gasteiger partial charge in [-0.05, 0) is 50.7 Å². The lowest BCUT2D eigenvalue weighted by molar-refractivity contribution is 0.191. The van der Waals surface area contributed by atoms with E-state index in [-0.39, 0.29) is 11.7 Å². The monoisotopic (exact) mass is 456 g/mol. The predicted molar refractivity (Wildman–Crippen MR) is 123 cm³/mol. The van der Waals surface area contributed by atoms with Crippen molar-refractivity contribution in [3.05, 3.63) is 36.3 Å². The Balaban J connectivity index is 1.40. The highest BCUT2D eigenvalue weighted by Gasteiger charge is 2.43. The standard InChI is InChI=1S/C24H30F2N6O/c1-33-9-8-28-17-2-4-18(5-3-17)32-22-11-19(20(25)13-29-22)16-10-21(23(26)30-12-16)31-15-24(14-27)6-7-24/h10-13,17-18,28,31H,2-9,15H2,1H3,(H,29,32). The molecule has 2 aromatic rings. The number of nitrogens with zero attached hydrogens (tertiary/aromatic N) is 3. The Kier molecular flexibility index (Phi) is 7.36. The number of methoxy groups -OCH3 is 1. The van der Waals surface area contributed by atoms with Crippen molar-refractivity contribution in [3.8, 4) is 17.2 Å². The van der Waals surface area contributed by atoms with Crippen LogP contribution in [0.2, 0.25) is 0 Å². The van der Waals surface area contributed by atoms with Gasteiger partial charge < -0.3 is 20.7 Å². The molecule has 0 aromatic carbocycles. The second-order valence-corrected chi connectivity index (χ2v) is 9.00. The van der Waals surface area contributed by atoms with E-state index >= 15 is 0 Å². The van der Waals surface area contributed by atoms with Gasteiger partial charge >= 0.3 is 0 Å². The number of nitrogens with one attached hydrogen (secondary N) is 3. The van der Waals surface area contributed by atoms with Crippen LogP contribution >= 0.6 is 0 Å². The lowest BCUT2D eigenvalue weighted by Gasteiger charge is -2.30. The Morgan fingerprint density at radius 1 is 1.12 bits per heavy atom. The third-order valence-electron chi connectivity index (χ3n) is 6.53. The highest BCUT2D eigenvalue weighted by atomic mass is 19.1. The fourth-order valence-electron chi connectivity index (χ4n) is 4.22. The molecule has 4 rings (SSSR count). The van der Waals surface area contributed by atoms with E-state index < -0.39 is 17.2 Å². The average Bonchev–Trinajstić information content (AvgIpc) is 3.62. The van der Waals surface area contributed by atoms with Crippen molar-refractivity contribution in [1.29, 1.82) is 5.26 Å². The summed E-state index contributed by atoms with van der Waals surface area (Å²) in [6.07, 6.45) is 8.18. The maximum atomic E-state index is 14.6. The number of anilines is 2. The molecule has 2 heterocycles. The second kappa shape index (κ2) is 10.4. The van der Waals surface area contributed by atoms with Gasteiger partial charge in [0, 0.05) is 49.6 Å². The van der Waals surface area contributed by atoms with E-state index in [2.05, 4.69) is 32.0 Å². The Morgan fingerprint density at radius 2 is 1.88 bits per heavy atom. The van der Waals surface area contributed by atoms with Gasteiger partial charge in [0.2, 0.25) is 5.95 Å². The normalized spacial score (nSPS) is 21.3. The van der Waals surface area contributed by atoms with Crippen LogP contribution in [0.3, 0.4) is 0 Å². The number of pyridine rings is 2. The molecule has 0 aliphatic heterocycles. The first-order chi connectivity index (χ1) is 16.0. The summed E-state index contributed by atoms with van der Waals surface area (Å²) >= 11 is 0. The number of halogens is 2. The van der Waals surface area contributed by atoms with Gasteiger partial charge in [0.25, 0.3) is 0 Å². The van der Waals surface area contributed by atoms with Crippen LogP contribution in [0.15, 0.2) is 24.5 Å². The van der Waals surface area contributed by atoms with Gasteiger partial charge in [-0.15, -0.1) is 0 Å². The van der Waals surface area contributed by atoms with Gasteiger partial charge in [-0.2, -0.15) is 9.65 Å². The summed E-state index contributed by atoms with van der Waals surface area (Å²) in [6.45, 7) is 1.90. The van der Waals surface area contributed by atoms with Crippen LogP contribution in [-0.2, 0) is 4.74 Å². The summed E-state index contributed by atoms with van der Waals surface area (Å²) in [5.41, 5.74) is 0.493. The van der Waals surface area contributed by atoms with Crippen molar-refractivity contribution in [2.24, 2.45) is 5.41 Å². The highest BCUT2D eigenvalue weighted by molar-refractivity contribution is 5.69. The molecule has 2 aromatic heterocycles. The molecule has 7 nitrogen and oxygen atoms in total. The van der Waals surface area contributed by atoms with Crippen molar-refractivity contribution in [1.82, 2.24) is 15.3 Å². The molecule has 0 radical (unpaired) electrons. The summed E-state index contributed by atoms with van der Waals surface area (Å²) < 4.78 is 33.9. The van der Waals surface area contributed by atoms with E-state index in [4.69, 9.17) is 4.74 Å². The Hall–Kier alpha value is -2.83. The van der Waals surface area contributed by atoms with Gasteiger partial charge in [-0.3, -0.25) is 0 Å². The van der Waals surface area contributed by atoms with Crippen molar-refractivity contribution >= 4 is 11.5 Å².